The minimum absolute atomic E-state index is 0.0155. The molecule has 1 unspecified atom stereocenters. The number of H-pyrrole nitrogens is 2. The van der Waals surface area contributed by atoms with Gasteiger partial charge in [-0.25, -0.2) is 4.98 Å². The first-order valence-corrected chi connectivity index (χ1v) is 10.4. The molecule has 3 N–H and O–H groups in total. The number of benzene rings is 2. The van der Waals surface area contributed by atoms with Crippen LogP contribution in [0.2, 0.25) is 0 Å². The van der Waals surface area contributed by atoms with E-state index in [1.807, 2.05) is 48.5 Å². The average molecular weight is 435 g/mol. The number of nitrogens with zero attached hydrogens (tertiary/aromatic N) is 3. The lowest BCUT2D eigenvalue weighted by molar-refractivity contribution is -0.132. The molecular weight excluding hydrogens is 418 g/mol. The molecule has 0 radical (unpaired) electrons. The molecule has 2 aromatic carbocycles. The summed E-state index contributed by atoms with van der Waals surface area (Å²) in [6.07, 6.45) is 4.82. The van der Waals surface area contributed by atoms with E-state index in [1.54, 1.807) is 30.7 Å². The third-order valence-corrected chi connectivity index (χ3v) is 5.89. The first-order chi connectivity index (χ1) is 16.1. The second-order valence-corrected chi connectivity index (χ2v) is 7.78. The average Bonchev–Trinajstić information content (AvgIpc) is 3.53. The minimum atomic E-state index is -0.895. The van der Waals surface area contributed by atoms with Gasteiger partial charge in [0.25, 0.3) is 5.78 Å². The van der Waals surface area contributed by atoms with Crippen LogP contribution in [0.1, 0.15) is 17.2 Å². The van der Waals surface area contributed by atoms with Crippen molar-refractivity contribution in [3.63, 3.8) is 0 Å². The number of rotatable bonds is 3. The summed E-state index contributed by atoms with van der Waals surface area (Å²) in [6.45, 7) is 0. The summed E-state index contributed by atoms with van der Waals surface area (Å²) in [4.78, 5) is 42.7. The lowest BCUT2D eigenvalue weighted by Crippen LogP contribution is -2.30. The molecule has 0 spiro atoms. The summed E-state index contributed by atoms with van der Waals surface area (Å²) in [7, 11) is 0. The van der Waals surface area contributed by atoms with Crippen LogP contribution in [-0.4, -0.2) is 36.7 Å². The van der Waals surface area contributed by atoms with Crippen molar-refractivity contribution in [3.05, 3.63) is 96.0 Å². The van der Waals surface area contributed by atoms with E-state index in [9.17, 15) is 14.7 Å². The summed E-state index contributed by atoms with van der Waals surface area (Å²) in [5, 5.41) is 12.1. The second kappa shape index (κ2) is 7.16. The minimum Gasteiger partial charge on any atom is -0.507 e. The number of aromatic amines is 2. The Hall–Kier alpha value is -4.72. The van der Waals surface area contributed by atoms with Crippen molar-refractivity contribution in [1.82, 2.24) is 19.9 Å². The van der Waals surface area contributed by atoms with Gasteiger partial charge in [-0.3, -0.25) is 19.5 Å². The highest BCUT2D eigenvalue weighted by Crippen LogP contribution is 2.42. The molecule has 1 saturated heterocycles. The number of anilines is 1. The van der Waals surface area contributed by atoms with Crippen molar-refractivity contribution in [2.24, 2.45) is 0 Å². The summed E-state index contributed by atoms with van der Waals surface area (Å²) < 4.78 is 0. The van der Waals surface area contributed by atoms with Crippen molar-refractivity contribution >= 4 is 45.3 Å². The number of carbonyl (C=O) groups is 2. The number of aliphatic hydroxyl groups excluding tert-OH is 1. The van der Waals surface area contributed by atoms with Gasteiger partial charge >= 0.3 is 5.91 Å². The molecule has 1 aliphatic heterocycles. The molecule has 160 valence electrons. The van der Waals surface area contributed by atoms with Gasteiger partial charge in [-0.15, -0.1) is 0 Å². The van der Waals surface area contributed by atoms with Crippen molar-refractivity contribution < 1.29 is 14.7 Å². The number of ketones is 1. The van der Waals surface area contributed by atoms with Crippen LogP contribution in [-0.2, 0) is 9.59 Å². The topological polar surface area (TPSA) is 115 Å². The number of hydrogen-bond donors (Lipinski definition) is 3. The summed E-state index contributed by atoms with van der Waals surface area (Å²) in [6, 6.07) is 17.4. The summed E-state index contributed by atoms with van der Waals surface area (Å²) in [5.41, 5.74) is 3.22. The number of nitrogens with one attached hydrogen (secondary N) is 2. The van der Waals surface area contributed by atoms with Crippen molar-refractivity contribution in [2.75, 3.05) is 4.90 Å². The fourth-order valence-electron chi connectivity index (χ4n) is 4.37. The van der Waals surface area contributed by atoms with Gasteiger partial charge in [0.2, 0.25) is 5.95 Å². The number of carbonyl (C=O) groups excluding carboxylic acids is 2. The molecule has 4 heterocycles. The van der Waals surface area contributed by atoms with E-state index >= 15 is 0 Å². The Morgan fingerprint density at radius 3 is 2.55 bits per heavy atom. The van der Waals surface area contributed by atoms with E-state index in [0.717, 1.165) is 16.4 Å². The van der Waals surface area contributed by atoms with Crippen LogP contribution in [0, 0.1) is 0 Å². The second-order valence-electron chi connectivity index (χ2n) is 7.78. The number of imidazole rings is 1. The van der Waals surface area contributed by atoms with Gasteiger partial charge in [0.05, 0.1) is 22.6 Å². The van der Waals surface area contributed by atoms with E-state index in [4.69, 9.17) is 0 Å². The van der Waals surface area contributed by atoms with Crippen LogP contribution < -0.4 is 4.90 Å². The lowest BCUT2D eigenvalue weighted by Gasteiger charge is -2.22. The number of Topliss-reactive ketones (excluding diaryl/α,β-unsaturated/α-hetero) is 1. The fraction of sp³-hybridized carbons (Fsp3) is 0.0400. The zero-order valence-electron chi connectivity index (χ0n) is 17.2. The van der Waals surface area contributed by atoms with Gasteiger partial charge in [-0.05, 0) is 29.8 Å². The Morgan fingerprint density at radius 2 is 1.76 bits per heavy atom. The predicted molar refractivity (Wildman–Crippen MR) is 123 cm³/mol. The molecule has 1 fully saturated rings. The van der Waals surface area contributed by atoms with Crippen molar-refractivity contribution in [2.45, 2.75) is 6.04 Å². The molecule has 6 rings (SSSR count). The van der Waals surface area contributed by atoms with Crippen LogP contribution in [0.15, 0.2) is 84.8 Å². The number of para-hydroxylation sites is 3. The van der Waals surface area contributed by atoms with Crippen molar-refractivity contribution in [3.8, 4) is 0 Å². The van der Waals surface area contributed by atoms with Crippen LogP contribution >= 0.6 is 0 Å². The molecule has 1 amide bonds. The monoisotopic (exact) mass is 435 g/mol. The third-order valence-electron chi connectivity index (χ3n) is 5.89. The molecular formula is C25H17N5O3. The number of aromatic nitrogens is 4. The van der Waals surface area contributed by atoms with Crippen LogP contribution in [0.4, 0.5) is 5.95 Å². The standard InChI is InChI=1S/C25H17N5O3/c31-22(16-13-27-17-8-2-1-7-15(16)17)20-21(14-6-5-11-26-12-14)30(24(33)23(20)32)25-28-18-9-3-4-10-19(18)29-25/h1-13,21,27,31H,(H,28,29)/b22-20+. The molecule has 8 heteroatoms. The molecule has 1 aliphatic rings. The van der Waals surface area contributed by atoms with Crippen LogP contribution in [0.25, 0.3) is 27.7 Å². The van der Waals surface area contributed by atoms with Gasteiger partial charge in [-0.2, -0.15) is 0 Å². The van der Waals surface area contributed by atoms with E-state index in [0.29, 0.717) is 16.6 Å². The Labute approximate surface area is 187 Å². The molecule has 0 saturated carbocycles. The number of aliphatic hydroxyl groups is 1. The SMILES string of the molecule is O=C1C(=O)N(c2nc3ccccc3[nH]2)C(c2cccnc2)/C1=C(\O)c1c[nH]c2ccccc12. The maximum absolute atomic E-state index is 13.3. The normalized spacial score (nSPS) is 17.9. The Morgan fingerprint density at radius 1 is 0.970 bits per heavy atom. The quantitative estimate of drug-likeness (QED) is 0.225. The molecule has 8 nitrogen and oxygen atoms in total. The molecule has 0 bridgehead atoms. The van der Waals surface area contributed by atoms with E-state index < -0.39 is 17.7 Å². The largest absolute Gasteiger partial charge is 0.507 e. The maximum Gasteiger partial charge on any atom is 0.302 e. The van der Waals surface area contributed by atoms with E-state index in [2.05, 4.69) is 19.9 Å². The van der Waals surface area contributed by atoms with E-state index in [1.165, 1.54) is 4.90 Å². The first-order valence-electron chi connectivity index (χ1n) is 10.4. The Kier molecular flexibility index (Phi) is 4.13. The maximum atomic E-state index is 13.3. The van der Waals surface area contributed by atoms with E-state index in [-0.39, 0.29) is 17.3 Å². The van der Waals surface area contributed by atoms with Gasteiger partial charge in [0.1, 0.15) is 5.76 Å². The predicted octanol–water partition coefficient (Wildman–Crippen LogP) is 4.07. The van der Waals surface area contributed by atoms with Gasteiger partial charge < -0.3 is 15.1 Å². The molecule has 1 atom stereocenters. The number of hydrogen-bond acceptors (Lipinski definition) is 5. The van der Waals surface area contributed by atoms with Gasteiger partial charge in [0, 0.05) is 35.1 Å². The third kappa shape index (κ3) is 2.85. The molecule has 3 aromatic heterocycles. The number of fused-ring (bicyclic) bond motifs is 2. The van der Waals surface area contributed by atoms with Crippen LogP contribution in [0.3, 0.4) is 0 Å². The van der Waals surface area contributed by atoms with Gasteiger partial charge in [-0.1, -0.05) is 36.4 Å². The Balaban J connectivity index is 1.59. The summed E-state index contributed by atoms with van der Waals surface area (Å²) >= 11 is 0. The zero-order valence-corrected chi connectivity index (χ0v) is 17.2. The number of pyridine rings is 1. The zero-order chi connectivity index (χ0) is 22.5. The highest BCUT2D eigenvalue weighted by Gasteiger charge is 2.48. The Bertz CT molecular complexity index is 1550. The number of amides is 1. The highest BCUT2D eigenvalue weighted by molar-refractivity contribution is 6.51. The molecule has 5 aromatic rings. The smallest absolute Gasteiger partial charge is 0.302 e. The van der Waals surface area contributed by atoms with Gasteiger partial charge in [0.15, 0.2) is 0 Å². The summed E-state index contributed by atoms with van der Waals surface area (Å²) in [5.74, 6) is -1.58. The fourth-order valence-corrected chi connectivity index (χ4v) is 4.37. The molecule has 0 aliphatic carbocycles. The molecule has 33 heavy (non-hydrogen) atoms. The first kappa shape index (κ1) is 19.0. The highest BCUT2D eigenvalue weighted by atomic mass is 16.3. The lowest BCUT2D eigenvalue weighted by atomic mass is 9.96. The van der Waals surface area contributed by atoms with Crippen LogP contribution in [0.5, 0.6) is 0 Å². The van der Waals surface area contributed by atoms with Crippen molar-refractivity contribution in [1.29, 1.82) is 0 Å².